The highest BCUT2D eigenvalue weighted by molar-refractivity contribution is 7.91. The first-order valence-corrected chi connectivity index (χ1v) is 10.1. The number of benzene rings is 1. The number of amidine groups is 1. The Morgan fingerprint density at radius 2 is 2.15 bits per heavy atom. The van der Waals surface area contributed by atoms with Crippen molar-refractivity contribution in [2.45, 2.75) is 45.3 Å². The van der Waals surface area contributed by atoms with Gasteiger partial charge in [-0.2, -0.15) is 8.42 Å². The molecule has 0 radical (unpaired) electrons. The molecule has 1 saturated heterocycles. The monoisotopic (exact) mass is 396 g/mol. The Labute approximate surface area is 158 Å². The quantitative estimate of drug-likeness (QED) is 0.803. The van der Waals surface area contributed by atoms with Gasteiger partial charge in [0.05, 0.1) is 17.3 Å². The van der Waals surface area contributed by atoms with Crippen LogP contribution in [0.2, 0.25) is 0 Å². The molecule has 1 aromatic rings. The van der Waals surface area contributed by atoms with E-state index < -0.39 is 15.8 Å². The van der Waals surface area contributed by atoms with Crippen molar-refractivity contribution in [3.8, 4) is 5.75 Å². The van der Waals surface area contributed by atoms with Crippen LogP contribution < -0.4 is 15.2 Å². The smallest absolute Gasteiger partial charge is 0.410 e. The van der Waals surface area contributed by atoms with Crippen LogP contribution in [0.1, 0.15) is 39.2 Å². The van der Waals surface area contributed by atoms with Crippen LogP contribution in [0.25, 0.3) is 0 Å². The highest BCUT2D eigenvalue weighted by atomic mass is 32.2. The Morgan fingerprint density at radius 3 is 2.85 bits per heavy atom. The molecule has 27 heavy (non-hydrogen) atoms. The van der Waals surface area contributed by atoms with Crippen molar-refractivity contribution in [2.75, 3.05) is 17.9 Å². The van der Waals surface area contributed by atoms with E-state index in [1.807, 2.05) is 20.8 Å². The number of carbonyl (C=O) groups excluding carboxylic acids is 1. The Kier molecular flexibility index (Phi) is 4.94. The number of ether oxygens (including phenoxy) is 2. The summed E-state index contributed by atoms with van der Waals surface area (Å²) < 4.78 is 40.5. The molecule has 148 valence electrons. The van der Waals surface area contributed by atoms with Gasteiger partial charge in [-0.15, -0.1) is 4.40 Å². The van der Waals surface area contributed by atoms with Crippen LogP contribution in [0, 0.1) is 0 Å². The molecule has 2 heterocycles. The fourth-order valence-corrected chi connectivity index (χ4v) is 3.94. The molecular weight excluding hydrogens is 372 g/mol. The van der Waals surface area contributed by atoms with Crippen LogP contribution in [0.4, 0.5) is 10.5 Å². The Hall–Kier alpha value is -2.49. The standard InChI is InChI=1S/C17H24N4O5S/c1-17(2,3)26-16(22)21-9-5-6-11(21)10-25-13-8-4-7-12-14(13)15(18)20-27(23,24)19-12/h4,7-8,11,19H,5-6,9-10H2,1-3H3,(H2,18,20)/t11-/m1/s1. The summed E-state index contributed by atoms with van der Waals surface area (Å²) in [7, 11) is -3.84. The second-order valence-electron chi connectivity index (χ2n) is 7.51. The topological polar surface area (TPSA) is 123 Å². The lowest BCUT2D eigenvalue weighted by Crippen LogP contribution is -2.42. The minimum Gasteiger partial charge on any atom is -0.491 e. The van der Waals surface area contributed by atoms with Crippen molar-refractivity contribution in [1.29, 1.82) is 0 Å². The zero-order chi connectivity index (χ0) is 19.8. The third kappa shape index (κ3) is 4.44. The number of nitrogens with two attached hydrogens (primary N) is 1. The zero-order valence-corrected chi connectivity index (χ0v) is 16.4. The summed E-state index contributed by atoms with van der Waals surface area (Å²) in [4.78, 5) is 14.0. The first-order valence-electron chi connectivity index (χ1n) is 8.70. The number of nitrogens with one attached hydrogen (secondary N) is 1. The third-order valence-corrected chi connectivity index (χ3v) is 5.09. The average Bonchev–Trinajstić information content (AvgIpc) is 2.98. The van der Waals surface area contributed by atoms with Gasteiger partial charge >= 0.3 is 16.3 Å². The van der Waals surface area contributed by atoms with Crippen LogP contribution in [-0.2, 0) is 14.9 Å². The van der Waals surface area contributed by atoms with E-state index in [2.05, 4.69) is 9.12 Å². The summed E-state index contributed by atoms with van der Waals surface area (Å²) in [5, 5.41) is 0. The first kappa shape index (κ1) is 19.3. The summed E-state index contributed by atoms with van der Waals surface area (Å²) in [6, 6.07) is 4.81. The van der Waals surface area contributed by atoms with Crippen molar-refractivity contribution < 1.29 is 22.7 Å². The molecular formula is C17H24N4O5S. The SMILES string of the molecule is CC(C)(C)OC(=O)N1CCC[C@@H]1COc1cccc2c1C(N)=NS(=O)(=O)N2. The molecule has 1 atom stereocenters. The number of amides is 1. The van der Waals surface area contributed by atoms with Crippen molar-refractivity contribution in [1.82, 2.24) is 4.90 Å². The molecule has 3 rings (SSSR count). The number of carbonyl (C=O) groups is 1. The van der Waals surface area contributed by atoms with E-state index in [0.29, 0.717) is 23.5 Å². The van der Waals surface area contributed by atoms with E-state index in [0.717, 1.165) is 12.8 Å². The molecule has 1 aromatic carbocycles. The summed E-state index contributed by atoms with van der Waals surface area (Å²) >= 11 is 0. The largest absolute Gasteiger partial charge is 0.491 e. The number of hydrogen-bond donors (Lipinski definition) is 2. The van der Waals surface area contributed by atoms with Crippen molar-refractivity contribution in [3.63, 3.8) is 0 Å². The molecule has 1 fully saturated rings. The lowest BCUT2D eigenvalue weighted by molar-refractivity contribution is 0.0187. The van der Waals surface area contributed by atoms with E-state index >= 15 is 0 Å². The van der Waals surface area contributed by atoms with Gasteiger partial charge in [0.15, 0.2) is 5.84 Å². The molecule has 1 amide bonds. The van der Waals surface area contributed by atoms with Crippen molar-refractivity contribution in [2.24, 2.45) is 10.1 Å². The van der Waals surface area contributed by atoms with E-state index in [1.165, 1.54) is 0 Å². The minimum absolute atomic E-state index is 0.130. The number of rotatable bonds is 3. The highest BCUT2D eigenvalue weighted by Crippen LogP contribution is 2.31. The molecule has 0 bridgehead atoms. The van der Waals surface area contributed by atoms with Crippen LogP contribution in [-0.4, -0.2) is 50.0 Å². The van der Waals surface area contributed by atoms with Crippen LogP contribution >= 0.6 is 0 Å². The van der Waals surface area contributed by atoms with E-state index in [-0.39, 0.29) is 24.6 Å². The van der Waals surface area contributed by atoms with Gasteiger partial charge in [-0.05, 0) is 45.7 Å². The fraction of sp³-hybridized carbons (Fsp3) is 0.529. The van der Waals surface area contributed by atoms with Crippen LogP contribution in [0.5, 0.6) is 5.75 Å². The maximum atomic E-state index is 12.4. The summed E-state index contributed by atoms with van der Waals surface area (Å²) in [6.07, 6.45) is 1.30. The van der Waals surface area contributed by atoms with E-state index in [1.54, 1.807) is 23.1 Å². The molecule has 2 aliphatic rings. The maximum Gasteiger partial charge on any atom is 0.410 e. The number of likely N-dealkylation sites (tertiary alicyclic amines) is 1. The molecule has 10 heteroatoms. The number of anilines is 1. The normalized spacial score (nSPS) is 21.1. The molecule has 0 saturated carbocycles. The van der Waals surface area contributed by atoms with Crippen LogP contribution in [0.15, 0.2) is 22.6 Å². The fourth-order valence-electron chi connectivity index (χ4n) is 3.09. The molecule has 0 aromatic heterocycles. The van der Waals surface area contributed by atoms with Crippen molar-refractivity contribution >= 4 is 27.8 Å². The Balaban J connectivity index is 1.73. The van der Waals surface area contributed by atoms with Gasteiger partial charge in [0, 0.05) is 6.54 Å². The maximum absolute atomic E-state index is 12.4. The van der Waals surface area contributed by atoms with E-state index in [4.69, 9.17) is 15.2 Å². The minimum atomic E-state index is -3.84. The molecule has 3 N–H and O–H groups in total. The van der Waals surface area contributed by atoms with Gasteiger partial charge in [0.2, 0.25) is 0 Å². The summed E-state index contributed by atoms with van der Waals surface area (Å²) in [5.41, 5.74) is 5.97. The number of nitrogens with zero attached hydrogens (tertiary/aromatic N) is 2. The lowest BCUT2D eigenvalue weighted by Gasteiger charge is -2.29. The van der Waals surface area contributed by atoms with Gasteiger partial charge in [0.1, 0.15) is 18.0 Å². The van der Waals surface area contributed by atoms with Gasteiger partial charge in [-0.1, -0.05) is 6.07 Å². The average molecular weight is 396 g/mol. The zero-order valence-electron chi connectivity index (χ0n) is 15.6. The molecule has 9 nitrogen and oxygen atoms in total. The van der Waals surface area contributed by atoms with Gasteiger partial charge in [0.25, 0.3) is 0 Å². The Morgan fingerprint density at radius 1 is 1.41 bits per heavy atom. The summed E-state index contributed by atoms with van der Waals surface area (Å²) in [5.74, 6) is 0.280. The van der Waals surface area contributed by atoms with Gasteiger partial charge in [-0.25, -0.2) is 4.79 Å². The first-order chi connectivity index (χ1) is 12.6. The molecule has 0 unspecified atom stereocenters. The predicted molar refractivity (Wildman–Crippen MR) is 101 cm³/mol. The predicted octanol–water partition coefficient (Wildman–Crippen LogP) is 1.84. The van der Waals surface area contributed by atoms with Gasteiger partial charge < -0.3 is 20.1 Å². The second-order valence-corrected chi connectivity index (χ2v) is 8.85. The lowest BCUT2D eigenvalue weighted by atomic mass is 10.1. The Bertz CT molecular complexity index is 876. The van der Waals surface area contributed by atoms with Crippen LogP contribution in [0.3, 0.4) is 0 Å². The number of fused-ring (bicyclic) bond motifs is 1. The van der Waals surface area contributed by atoms with Gasteiger partial charge in [-0.3, -0.25) is 4.72 Å². The molecule has 2 aliphatic heterocycles. The second kappa shape index (κ2) is 6.91. The third-order valence-electron chi connectivity index (χ3n) is 4.18. The highest BCUT2D eigenvalue weighted by Gasteiger charge is 2.33. The molecule has 0 spiro atoms. The summed E-state index contributed by atoms with van der Waals surface area (Å²) in [6.45, 7) is 6.33. The number of hydrogen-bond acceptors (Lipinski definition) is 6. The van der Waals surface area contributed by atoms with Crippen molar-refractivity contribution in [3.05, 3.63) is 23.8 Å². The van der Waals surface area contributed by atoms with E-state index in [9.17, 15) is 13.2 Å². The molecule has 0 aliphatic carbocycles.